The van der Waals surface area contributed by atoms with Gasteiger partial charge in [-0.2, -0.15) is 0 Å². The molecule has 0 spiro atoms. The summed E-state index contributed by atoms with van der Waals surface area (Å²) in [5.74, 6) is 0. The molecule has 0 heteroatoms. The Morgan fingerprint density at radius 2 is 1.92 bits per heavy atom. The van der Waals surface area contributed by atoms with Crippen LogP contribution in [0.1, 0.15) is 5.56 Å². The van der Waals surface area contributed by atoms with Crippen LogP contribution in [0.4, 0.5) is 0 Å². The fourth-order valence-electron chi connectivity index (χ4n) is 0.920. The van der Waals surface area contributed by atoms with Gasteiger partial charge in [-0.25, -0.2) is 0 Å². The summed E-state index contributed by atoms with van der Waals surface area (Å²) in [6, 6.07) is 9.99. The molecule has 0 nitrogen and oxygen atoms in total. The molecule has 0 fully saturated rings. The van der Waals surface area contributed by atoms with E-state index in [9.17, 15) is 0 Å². The van der Waals surface area contributed by atoms with Crippen LogP contribution in [0.2, 0.25) is 0 Å². The summed E-state index contributed by atoms with van der Waals surface area (Å²) in [5.41, 5.74) is 2.09. The molecule has 0 aliphatic rings. The van der Waals surface area contributed by atoms with Gasteiger partial charge in [0.1, 0.15) is 0 Å². The summed E-state index contributed by atoms with van der Waals surface area (Å²) in [7, 11) is 0. The topological polar surface area (TPSA) is 0 Å². The summed E-state index contributed by atoms with van der Waals surface area (Å²) >= 11 is 0. The molecular weight excluding hydrogens is 144 g/mol. The third-order valence-corrected chi connectivity index (χ3v) is 1.55. The summed E-state index contributed by atoms with van der Waals surface area (Å²) in [4.78, 5) is 0. The molecule has 1 rings (SSSR count). The second kappa shape index (κ2) is 4.35. The van der Waals surface area contributed by atoms with E-state index < -0.39 is 0 Å². The molecule has 1 aromatic carbocycles. The Hall–Kier alpha value is -1.56. The summed E-state index contributed by atoms with van der Waals surface area (Å²) in [6.45, 7) is 9.10. The molecule has 59 valence electrons. The summed E-state index contributed by atoms with van der Waals surface area (Å²) in [5, 5.41) is 0. The molecule has 0 amide bonds. The van der Waals surface area contributed by atoms with Gasteiger partial charge in [-0.1, -0.05) is 61.7 Å². The molecule has 0 saturated heterocycles. The molecule has 0 unspecified atom stereocenters. The Morgan fingerprint density at radius 3 is 2.50 bits per heavy atom. The van der Waals surface area contributed by atoms with Crippen molar-refractivity contribution in [2.24, 2.45) is 0 Å². The number of hydrogen-bond acceptors (Lipinski definition) is 0. The number of allylic oxidation sites excluding steroid dienone is 4. The quantitative estimate of drug-likeness (QED) is 0.588. The van der Waals surface area contributed by atoms with E-state index in [0.29, 0.717) is 0 Å². The lowest BCUT2D eigenvalue weighted by molar-refractivity contribution is 1.63. The van der Waals surface area contributed by atoms with Gasteiger partial charge < -0.3 is 0 Å². The predicted molar refractivity (Wildman–Crippen MR) is 53.5 cm³/mol. The van der Waals surface area contributed by atoms with Gasteiger partial charge in [-0.15, -0.1) is 0 Å². The van der Waals surface area contributed by atoms with E-state index in [2.05, 4.69) is 6.58 Å². The molecule has 0 bridgehead atoms. The highest BCUT2D eigenvalue weighted by molar-refractivity contribution is 5.71. The molecule has 0 atom stereocenters. The van der Waals surface area contributed by atoms with Gasteiger partial charge in [0.15, 0.2) is 0 Å². The first-order chi connectivity index (χ1) is 5.84. The van der Waals surface area contributed by atoms with Crippen molar-refractivity contribution >= 4 is 5.57 Å². The smallest absolute Gasteiger partial charge is 0.0190 e. The maximum absolute atomic E-state index is 5.20. The average Bonchev–Trinajstić information content (AvgIpc) is 2.15. The summed E-state index contributed by atoms with van der Waals surface area (Å²) in [6.07, 6.45) is 5.15. The third kappa shape index (κ3) is 2.24. The molecule has 0 N–H and O–H groups in total. The van der Waals surface area contributed by atoms with E-state index in [1.165, 1.54) is 6.08 Å². The van der Waals surface area contributed by atoms with Crippen LogP contribution in [-0.2, 0) is 0 Å². The molecule has 0 heterocycles. The van der Waals surface area contributed by atoms with E-state index in [1.54, 1.807) is 6.08 Å². The minimum absolute atomic E-state index is 0.970. The highest BCUT2D eigenvalue weighted by atomic mass is 13.9. The van der Waals surface area contributed by atoms with Gasteiger partial charge in [0.25, 0.3) is 0 Å². The van der Waals surface area contributed by atoms with Gasteiger partial charge in [0.05, 0.1) is 0 Å². The molecule has 0 saturated carbocycles. The standard InChI is InChI=1S/C12H11/c1-3-4-8-11(2)12-9-6-5-7-10-12/h1,3-10H,2H2. The second-order valence-electron chi connectivity index (χ2n) is 2.44. The number of benzene rings is 1. The monoisotopic (exact) mass is 155 g/mol. The van der Waals surface area contributed by atoms with E-state index in [4.69, 9.17) is 6.58 Å². The zero-order valence-electron chi connectivity index (χ0n) is 6.90. The first-order valence-corrected chi connectivity index (χ1v) is 3.80. The van der Waals surface area contributed by atoms with Crippen molar-refractivity contribution in [3.63, 3.8) is 0 Å². The Balaban J connectivity index is 2.79. The third-order valence-electron chi connectivity index (χ3n) is 1.55. The van der Waals surface area contributed by atoms with Gasteiger partial charge >= 0.3 is 0 Å². The van der Waals surface area contributed by atoms with E-state index in [0.717, 1.165) is 11.1 Å². The second-order valence-corrected chi connectivity index (χ2v) is 2.44. The van der Waals surface area contributed by atoms with Crippen LogP contribution in [0.3, 0.4) is 0 Å². The Kier molecular flexibility index (Phi) is 3.09. The van der Waals surface area contributed by atoms with Crippen molar-refractivity contribution in [1.82, 2.24) is 0 Å². The SMILES string of the molecule is [CH]=CC=CC(=C)c1ccccc1. The van der Waals surface area contributed by atoms with Gasteiger partial charge in [0.2, 0.25) is 0 Å². The van der Waals surface area contributed by atoms with Crippen LogP contribution in [0.5, 0.6) is 0 Å². The van der Waals surface area contributed by atoms with Crippen molar-refractivity contribution in [3.8, 4) is 0 Å². The predicted octanol–water partition coefficient (Wildman–Crippen LogP) is 3.25. The lowest BCUT2D eigenvalue weighted by Crippen LogP contribution is -1.75. The zero-order chi connectivity index (χ0) is 8.81. The summed E-state index contributed by atoms with van der Waals surface area (Å²) < 4.78 is 0. The molecule has 0 aliphatic heterocycles. The first kappa shape index (κ1) is 8.54. The fraction of sp³-hybridized carbons (Fsp3) is 0. The minimum Gasteiger partial charge on any atom is -0.0912 e. The molecule has 0 aliphatic carbocycles. The van der Waals surface area contributed by atoms with Crippen molar-refractivity contribution in [2.75, 3.05) is 0 Å². The van der Waals surface area contributed by atoms with Crippen LogP contribution in [0, 0.1) is 6.58 Å². The highest BCUT2D eigenvalue weighted by Gasteiger charge is 1.90. The minimum atomic E-state index is 0.970. The molecule has 1 aromatic rings. The van der Waals surface area contributed by atoms with Crippen LogP contribution in [0.15, 0.2) is 55.1 Å². The van der Waals surface area contributed by atoms with Crippen LogP contribution in [0.25, 0.3) is 5.57 Å². The maximum atomic E-state index is 5.20. The fourth-order valence-corrected chi connectivity index (χ4v) is 0.920. The maximum Gasteiger partial charge on any atom is -0.0190 e. The van der Waals surface area contributed by atoms with E-state index in [1.807, 2.05) is 36.4 Å². The number of hydrogen-bond donors (Lipinski definition) is 0. The Bertz CT molecular complexity index is 291. The van der Waals surface area contributed by atoms with Gasteiger partial charge in [-0.05, 0) is 11.1 Å². The van der Waals surface area contributed by atoms with Crippen LogP contribution >= 0.6 is 0 Å². The highest BCUT2D eigenvalue weighted by Crippen LogP contribution is 2.12. The van der Waals surface area contributed by atoms with E-state index in [-0.39, 0.29) is 0 Å². The van der Waals surface area contributed by atoms with Gasteiger partial charge in [0, 0.05) is 0 Å². The Labute approximate surface area is 73.6 Å². The van der Waals surface area contributed by atoms with Crippen molar-refractivity contribution < 1.29 is 0 Å². The van der Waals surface area contributed by atoms with Crippen LogP contribution in [-0.4, -0.2) is 0 Å². The molecule has 1 radical (unpaired) electrons. The molecule has 0 aromatic heterocycles. The number of rotatable bonds is 3. The van der Waals surface area contributed by atoms with Crippen molar-refractivity contribution in [3.05, 3.63) is 67.3 Å². The lowest BCUT2D eigenvalue weighted by Gasteiger charge is -1.97. The normalized spacial score (nSPS) is 10.0. The van der Waals surface area contributed by atoms with Crippen molar-refractivity contribution in [2.45, 2.75) is 0 Å². The van der Waals surface area contributed by atoms with E-state index >= 15 is 0 Å². The molecule has 12 heavy (non-hydrogen) atoms. The average molecular weight is 155 g/mol. The van der Waals surface area contributed by atoms with Crippen molar-refractivity contribution in [1.29, 1.82) is 0 Å². The Morgan fingerprint density at radius 1 is 1.25 bits per heavy atom. The van der Waals surface area contributed by atoms with Gasteiger partial charge in [-0.3, -0.25) is 0 Å². The van der Waals surface area contributed by atoms with Crippen LogP contribution < -0.4 is 0 Å². The molecular formula is C12H11. The lowest BCUT2D eigenvalue weighted by atomic mass is 10.1. The first-order valence-electron chi connectivity index (χ1n) is 3.80. The zero-order valence-corrected chi connectivity index (χ0v) is 6.90. The largest absolute Gasteiger partial charge is 0.0912 e.